The Labute approximate surface area is 210 Å². The molecule has 0 bridgehead atoms. The standard InChI is InChI=1S/C28H21N3O4S/c32-26(33)16-19(28-29-22-8-4-5-9-25(22)36-28)14-20-17-31(21-6-2-1-3-7-21)30-27(20)18-10-11-23-24(15-18)35-13-12-34-23/h1-11,14-15,17H,12-13,16H2,(H,32,33). The van der Waals surface area contributed by atoms with Gasteiger partial charge < -0.3 is 14.6 Å². The number of nitrogens with zero attached hydrogens (tertiary/aromatic N) is 3. The van der Waals surface area contributed by atoms with E-state index in [1.807, 2.05) is 85.1 Å². The number of thiazole rings is 1. The molecule has 0 fully saturated rings. The van der Waals surface area contributed by atoms with Crippen molar-refractivity contribution >= 4 is 39.2 Å². The fraction of sp³-hybridized carbons (Fsp3) is 0.107. The second-order valence-corrected chi connectivity index (χ2v) is 9.33. The van der Waals surface area contributed by atoms with E-state index >= 15 is 0 Å². The molecule has 0 saturated carbocycles. The molecule has 0 atom stereocenters. The third kappa shape index (κ3) is 4.34. The van der Waals surface area contributed by atoms with Gasteiger partial charge in [-0.15, -0.1) is 11.3 Å². The van der Waals surface area contributed by atoms with Crippen LogP contribution < -0.4 is 9.47 Å². The van der Waals surface area contributed by atoms with Crippen molar-refractivity contribution in [3.05, 3.63) is 89.6 Å². The molecule has 0 aliphatic carbocycles. The van der Waals surface area contributed by atoms with E-state index in [0.717, 1.165) is 27.0 Å². The number of hydrogen-bond acceptors (Lipinski definition) is 6. The van der Waals surface area contributed by atoms with Crippen molar-refractivity contribution in [1.29, 1.82) is 0 Å². The highest BCUT2D eigenvalue weighted by molar-refractivity contribution is 7.19. The van der Waals surface area contributed by atoms with Crippen LogP contribution in [0.1, 0.15) is 17.0 Å². The van der Waals surface area contributed by atoms with E-state index in [-0.39, 0.29) is 6.42 Å². The molecule has 36 heavy (non-hydrogen) atoms. The molecule has 7 nitrogen and oxygen atoms in total. The van der Waals surface area contributed by atoms with E-state index in [9.17, 15) is 9.90 Å². The molecule has 0 spiro atoms. The fourth-order valence-electron chi connectivity index (χ4n) is 4.17. The summed E-state index contributed by atoms with van der Waals surface area (Å²) in [5.74, 6) is 0.447. The molecule has 6 rings (SSSR count). The average Bonchev–Trinajstić information content (AvgIpc) is 3.53. The fourth-order valence-corrected chi connectivity index (χ4v) is 5.15. The summed E-state index contributed by atoms with van der Waals surface area (Å²) in [7, 11) is 0. The van der Waals surface area contributed by atoms with Crippen LogP contribution in [0.5, 0.6) is 11.5 Å². The number of benzene rings is 3. The van der Waals surface area contributed by atoms with Gasteiger partial charge in [-0.1, -0.05) is 30.3 Å². The molecule has 0 unspecified atom stereocenters. The van der Waals surface area contributed by atoms with Crippen molar-refractivity contribution in [2.75, 3.05) is 13.2 Å². The Kier molecular flexibility index (Phi) is 5.71. The molecule has 0 saturated heterocycles. The predicted octanol–water partition coefficient (Wildman–Crippen LogP) is 5.94. The number of aliphatic carboxylic acids is 1. The summed E-state index contributed by atoms with van der Waals surface area (Å²) in [6.07, 6.45) is 3.64. The molecule has 3 heterocycles. The molecule has 2 aromatic heterocycles. The maximum Gasteiger partial charge on any atom is 0.307 e. The smallest absolute Gasteiger partial charge is 0.307 e. The number of aromatic nitrogens is 3. The van der Waals surface area contributed by atoms with E-state index in [2.05, 4.69) is 0 Å². The minimum atomic E-state index is -0.920. The summed E-state index contributed by atoms with van der Waals surface area (Å²) in [6.45, 7) is 1.01. The highest BCUT2D eigenvalue weighted by Gasteiger charge is 2.19. The Balaban J connectivity index is 1.51. The second-order valence-electron chi connectivity index (χ2n) is 8.30. The van der Waals surface area contributed by atoms with Crippen molar-refractivity contribution in [3.8, 4) is 28.4 Å². The van der Waals surface area contributed by atoms with Crippen LogP contribution in [-0.2, 0) is 4.79 Å². The highest BCUT2D eigenvalue weighted by atomic mass is 32.1. The van der Waals surface area contributed by atoms with Gasteiger partial charge in [-0.2, -0.15) is 5.10 Å². The van der Waals surface area contributed by atoms with Gasteiger partial charge in [0.2, 0.25) is 0 Å². The Hall–Kier alpha value is -4.43. The first-order valence-electron chi connectivity index (χ1n) is 11.5. The van der Waals surface area contributed by atoms with Gasteiger partial charge in [0.05, 0.1) is 22.3 Å². The first-order valence-corrected chi connectivity index (χ1v) is 12.3. The zero-order valence-corrected chi connectivity index (χ0v) is 19.9. The monoisotopic (exact) mass is 495 g/mol. The molecular formula is C28H21N3O4S. The van der Waals surface area contributed by atoms with Crippen LogP contribution in [0.3, 0.4) is 0 Å². The Morgan fingerprint density at radius 1 is 1.00 bits per heavy atom. The van der Waals surface area contributed by atoms with E-state index in [4.69, 9.17) is 19.6 Å². The molecule has 1 aliphatic rings. The zero-order chi connectivity index (χ0) is 24.5. The van der Waals surface area contributed by atoms with Gasteiger partial charge in [0.1, 0.15) is 23.9 Å². The van der Waals surface area contributed by atoms with Crippen LogP contribution in [0, 0.1) is 0 Å². The Morgan fingerprint density at radius 2 is 1.78 bits per heavy atom. The molecule has 5 aromatic rings. The minimum absolute atomic E-state index is 0.156. The van der Waals surface area contributed by atoms with Crippen molar-refractivity contribution in [1.82, 2.24) is 14.8 Å². The van der Waals surface area contributed by atoms with Crippen LogP contribution in [0.2, 0.25) is 0 Å². The Bertz CT molecular complexity index is 1570. The lowest BCUT2D eigenvalue weighted by molar-refractivity contribution is -0.135. The van der Waals surface area contributed by atoms with Crippen LogP contribution in [0.15, 0.2) is 79.0 Å². The lowest BCUT2D eigenvalue weighted by Gasteiger charge is -2.18. The molecule has 1 N–H and O–H groups in total. The van der Waals surface area contributed by atoms with E-state index in [1.54, 1.807) is 4.68 Å². The number of hydrogen-bond donors (Lipinski definition) is 1. The number of carboxylic acids is 1. The molecule has 1 aliphatic heterocycles. The summed E-state index contributed by atoms with van der Waals surface area (Å²) < 4.78 is 14.3. The molecule has 0 radical (unpaired) electrons. The highest BCUT2D eigenvalue weighted by Crippen LogP contribution is 2.37. The summed E-state index contributed by atoms with van der Waals surface area (Å²) in [4.78, 5) is 16.5. The van der Waals surface area contributed by atoms with Gasteiger partial charge in [0.25, 0.3) is 0 Å². The third-order valence-corrected chi connectivity index (χ3v) is 6.93. The van der Waals surface area contributed by atoms with Crippen LogP contribution in [0.25, 0.3) is 38.8 Å². The SMILES string of the molecule is O=C(O)CC(=Cc1cn(-c2ccccc2)nc1-c1ccc2c(c1)OCCO2)c1nc2ccccc2s1. The minimum Gasteiger partial charge on any atom is -0.486 e. The number of para-hydroxylation sites is 2. The van der Waals surface area contributed by atoms with Crippen molar-refractivity contribution in [3.63, 3.8) is 0 Å². The van der Waals surface area contributed by atoms with Crippen molar-refractivity contribution < 1.29 is 19.4 Å². The largest absolute Gasteiger partial charge is 0.486 e. The summed E-state index contributed by atoms with van der Waals surface area (Å²) >= 11 is 1.48. The summed E-state index contributed by atoms with van der Waals surface area (Å²) in [5, 5.41) is 15.2. The topological polar surface area (TPSA) is 86.5 Å². The molecule has 8 heteroatoms. The lowest BCUT2D eigenvalue weighted by atomic mass is 10.0. The van der Waals surface area contributed by atoms with Crippen molar-refractivity contribution in [2.45, 2.75) is 6.42 Å². The summed E-state index contributed by atoms with van der Waals surface area (Å²) in [5.41, 5.74) is 4.71. The normalized spacial score (nSPS) is 13.2. The number of rotatable bonds is 6. The number of carboxylic acid groups (broad SMARTS) is 1. The van der Waals surface area contributed by atoms with Gasteiger partial charge >= 0.3 is 5.97 Å². The maximum absolute atomic E-state index is 11.8. The first-order chi connectivity index (χ1) is 17.6. The average molecular weight is 496 g/mol. The van der Waals surface area contributed by atoms with Crippen LogP contribution in [-0.4, -0.2) is 39.1 Å². The quantitative estimate of drug-likeness (QED) is 0.314. The van der Waals surface area contributed by atoms with Gasteiger partial charge in [-0.05, 0) is 54.1 Å². The van der Waals surface area contributed by atoms with Crippen LogP contribution >= 0.6 is 11.3 Å². The first kappa shape index (κ1) is 22.1. The molecule has 178 valence electrons. The van der Waals surface area contributed by atoms with Gasteiger partial charge in [-0.3, -0.25) is 4.79 Å². The molecule has 0 amide bonds. The van der Waals surface area contributed by atoms with Crippen LogP contribution in [0.4, 0.5) is 0 Å². The molecular weight excluding hydrogens is 474 g/mol. The van der Waals surface area contributed by atoms with E-state index in [1.165, 1.54) is 11.3 Å². The predicted molar refractivity (Wildman–Crippen MR) is 140 cm³/mol. The number of ether oxygens (including phenoxy) is 2. The second kappa shape index (κ2) is 9.31. The number of carbonyl (C=O) groups is 1. The Morgan fingerprint density at radius 3 is 2.58 bits per heavy atom. The summed E-state index contributed by atoms with van der Waals surface area (Å²) in [6, 6.07) is 23.3. The van der Waals surface area contributed by atoms with E-state index < -0.39 is 5.97 Å². The van der Waals surface area contributed by atoms with E-state index in [0.29, 0.717) is 41.0 Å². The third-order valence-electron chi connectivity index (χ3n) is 5.82. The van der Waals surface area contributed by atoms with Crippen molar-refractivity contribution in [2.24, 2.45) is 0 Å². The number of fused-ring (bicyclic) bond motifs is 2. The lowest BCUT2D eigenvalue weighted by Crippen LogP contribution is -2.15. The maximum atomic E-state index is 11.8. The van der Waals surface area contributed by atoms with Gasteiger partial charge in [0, 0.05) is 17.3 Å². The zero-order valence-electron chi connectivity index (χ0n) is 19.1. The molecule has 3 aromatic carbocycles. The van der Waals surface area contributed by atoms with Gasteiger partial charge in [-0.25, -0.2) is 9.67 Å². The van der Waals surface area contributed by atoms with Gasteiger partial charge in [0.15, 0.2) is 11.5 Å².